The molecule has 0 unspecified atom stereocenters. The number of ether oxygens (including phenoxy) is 1. The van der Waals surface area contributed by atoms with E-state index in [9.17, 15) is 9.59 Å². The molecule has 1 atom stereocenters. The van der Waals surface area contributed by atoms with Crippen molar-refractivity contribution in [3.63, 3.8) is 0 Å². The maximum absolute atomic E-state index is 12.4. The number of anilines is 2. The van der Waals surface area contributed by atoms with Gasteiger partial charge in [-0.1, -0.05) is 35.4 Å². The van der Waals surface area contributed by atoms with Gasteiger partial charge < -0.3 is 15.4 Å². The first-order valence-electron chi connectivity index (χ1n) is 9.43. The van der Waals surface area contributed by atoms with E-state index in [1.807, 2.05) is 62.4 Å². The number of rotatable bonds is 6. The topological polar surface area (TPSA) is 67.4 Å². The number of nitrogens with one attached hydrogen (secondary N) is 2. The second-order valence-corrected chi connectivity index (χ2v) is 6.96. The highest BCUT2D eigenvalue weighted by Crippen LogP contribution is 2.17. The van der Waals surface area contributed by atoms with Gasteiger partial charge in [0.15, 0.2) is 6.10 Å². The van der Waals surface area contributed by atoms with Crippen molar-refractivity contribution >= 4 is 23.2 Å². The molecule has 2 N–H and O–H groups in total. The highest BCUT2D eigenvalue weighted by molar-refractivity contribution is 6.04. The molecule has 5 heteroatoms. The van der Waals surface area contributed by atoms with Gasteiger partial charge in [0.25, 0.3) is 11.8 Å². The van der Waals surface area contributed by atoms with Crippen molar-refractivity contribution < 1.29 is 14.3 Å². The quantitative estimate of drug-likeness (QED) is 0.627. The third-order valence-corrected chi connectivity index (χ3v) is 4.43. The van der Waals surface area contributed by atoms with Gasteiger partial charge in [0.2, 0.25) is 0 Å². The fraction of sp³-hybridized carbons (Fsp3) is 0.167. The Balaban J connectivity index is 1.56. The summed E-state index contributed by atoms with van der Waals surface area (Å²) in [7, 11) is 0. The van der Waals surface area contributed by atoms with E-state index in [4.69, 9.17) is 4.74 Å². The zero-order chi connectivity index (χ0) is 20.8. The second kappa shape index (κ2) is 9.06. The van der Waals surface area contributed by atoms with Crippen LogP contribution in [0, 0.1) is 13.8 Å². The molecule has 3 aromatic carbocycles. The minimum atomic E-state index is -0.677. The van der Waals surface area contributed by atoms with Gasteiger partial charge in [-0.3, -0.25) is 9.59 Å². The van der Waals surface area contributed by atoms with Crippen LogP contribution in [0.3, 0.4) is 0 Å². The molecule has 0 radical (unpaired) electrons. The SMILES string of the molecule is Cc1ccc(NC(=O)c2ccc(O[C@H](C)C(=O)Nc3ccc(C)cc3)cc2)cc1. The molecule has 5 nitrogen and oxygen atoms in total. The van der Waals surface area contributed by atoms with Gasteiger partial charge in [-0.15, -0.1) is 0 Å². The molecule has 29 heavy (non-hydrogen) atoms. The highest BCUT2D eigenvalue weighted by atomic mass is 16.5. The summed E-state index contributed by atoms with van der Waals surface area (Å²) in [6.07, 6.45) is -0.677. The molecule has 0 bridgehead atoms. The summed E-state index contributed by atoms with van der Waals surface area (Å²) in [5.41, 5.74) is 4.22. The van der Waals surface area contributed by atoms with Crippen LogP contribution in [0.4, 0.5) is 11.4 Å². The molecule has 0 aliphatic heterocycles. The average Bonchev–Trinajstić information content (AvgIpc) is 2.72. The summed E-state index contributed by atoms with van der Waals surface area (Å²) in [6, 6.07) is 21.9. The Hall–Kier alpha value is -3.60. The lowest BCUT2D eigenvalue weighted by Gasteiger charge is -2.15. The van der Waals surface area contributed by atoms with Gasteiger partial charge >= 0.3 is 0 Å². The molecule has 0 saturated carbocycles. The van der Waals surface area contributed by atoms with Gasteiger partial charge in [-0.2, -0.15) is 0 Å². The Morgan fingerprint density at radius 2 is 1.21 bits per heavy atom. The van der Waals surface area contributed by atoms with Crippen LogP contribution in [0.5, 0.6) is 5.75 Å². The first-order valence-corrected chi connectivity index (χ1v) is 9.43. The van der Waals surface area contributed by atoms with E-state index < -0.39 is 6.10 Å². The maximum Gasteiger partial charge on any atom is 0.265 e. The lowest BCUT2D eigenvalue weighted by Crippen LogP contribution is -2.30. The monoisotopic (exact) mass is 388 g/mol. The fourth-order valence-corrected chi connectivity index (χ4v) is 2.66. The molecule has 0 aliphatic carbocycles. The first-order chi connectivity index (χ1) is 13.9. The molecule has 0 spiro atoms. The third-order valence-electron chi connectivity index (χ3n) is 4.43. The number of carbonyl (C=O) groups excluding carboxylic acids is 2. The van der Waals surface area contributed by atoms with Gasteiger partial charge in [-0.25, -0.2) is 0 Å². The van der Waals surface area contributed by atoms with E-state index in [-0.39, 0.29) is 11.8 Å². The predicted molar refractivity (Wildman–Crippen MR) is 115 cm³/mol. The van der Waals surface area contributed by atoms with E-state index in [0.717, 1.165) is 22.5 Å². The Morgan fingerprint density at radius 1 is 0.724 bits per heavy atom. The van der Waals surface area contributed by atoms with Crippen LogP contribution in [-0.2, 0) is 4.79 Å². The number of benzene rings is 3. The number of carbonyl (C=O) groups is 2. The number of hydrogen-bond donors (Lipinski definition) is 2. The zero-order valence-corrected chi connectivity index (χ0v) is 16.7. The minimum Gasteiger partial charge on any atom is -0.481 e. The summed E-state index contributed by atoms with van der Waals surface area (Å²) in [5.74, 6) is 0.0732. The van der Waals surface area contributed by atoms with Crippen molar-refractivity contribution in [2.24, 2.45) is 0 Å². The van der Waals surface area contributed by atoms with Crippen LogP contribution in [0.2, 0.25) is 0 Å². The Bertz CT molecular complexity index is 978. The molecule has 3 rings (SSSR count). The van der Waals surface area contributed by atoms with E-state index in [0.29, 0.717) is 11.3 Å². The number of aryl methyl sites for hydroxylation is 2. The van der Waals surface area contributed by atoms with Crippen LogP contribution >= 0.6 is 0 Å². The van der Waals surface area contributed by atoms with Crippen molar-refractivity contribution in [1.82, 2.24) is 0 Å². The van der Waals surface area contributed by atoms with Crippen LogP contribution in [0.15, 0.2) is 72.8 Å². The van der Waals surface area contributed by atoms with Crippen molar-refractivity contribution in [1.29, 1.82) is 0 Å². The first kappa shape index (κ1) is 20.1. The second-order valence-electron chi connectivity index (χ2n) is 6.96. The average molecular weight is 388 g/mol. The molecule has 0 aliphatic rings. The molecule has 0 aromatic heterocycles. The smallest absolute Gasteiger partial charge is 0.265 e. The molecule has 0 saturated heterocycles. The predicted octanol–water partition coefficient (Wildman–Crippen LogP) is 4.96. The molecule has 0 fully saturated rings. The lowest BCUT2D eigenvalue weighted by molar-refractivity contribution is -0.122. The number of amides is 2. The molecular formula is C24H24N2O3. The molecule has 148 valence electrons. The highest BCUT2D eigenvalue weighted by Gasteiger charge is 2.15. The van der Waals surface area contributed by atoms with Crippen molar-refractivity contribution in [2.45, 2.75) is 26.9 Å². The normalized spacial score (nSPS) is 11.4. The van der Waals surface area contributed by atoms with Crippen LogP contribution in [0.1, 0.15) is 28.4 Å². The summed E-state index contributed by atoms with van der Waals surface area (Å²) >= 11 is 0. The van der Waals surface area contributed by atoms with Crippen molar-refractivity contribution in [3.8, 4) is 5.75 Å². The largest absolute Gasteiger partial charge is 0.481 e. The van der Waals surface area contributed by atoms with Crippen LogP contribution in [0.25, 0.3) is 0 Å². The van der Waals surface area contributed by atoms with E-state index in [1.54, 1.807) is 31.2 Å². The zero-order valence-electron chi connectivity index (χ0n) is 16.7. The van der Waals surface area contributed by atoms with Crippen molar-refractivity contribution in [2.75, 3.05) is 10.6 Å². The van der Waals surface area contributed by atoms with E-state index in [2.05, 4.69) is 10.6 Å². The Kier molecular flexibility index (Phi) is 6.29. The van der Waals surface area contributed by atoms with Crippen molar-refractivity contribution in [3.05, 3.63) is 89.5 Å². The van der Waals surface area contributed by atoms with Gasteiger partial charge in [0.05, 0.1) is 0 Å². The van der Waals surface area contributed by atoms with E-state index >= 15 is 0 Å². The maximum atomic E-state index is 12.4. The lowest BCUT2D eigenvalue weighted by atomic mass is 10.2. The standard InChI is InChI=1S/C24H24N2O3/c1-16-4-10-20(11-5-16)25-23(27)18(3)29-22-14-8-19(9-15-22)24(28)26-21-12-6-17(2)7-13-21/h4-15,18H,1-3H3,(H,25,27)(H,26,28)/t18-/m1/s1. The number of hydrogen-bond acceptors (Lipinski definition) is 3. The Labute approximate surface area is 170 Å². The van der Waals surface area contributed by atoms with Gasteiger partial charge in [0.1, 0.15) is 5.75 Å². The Morgan fingerprint density at radius 3 is 1.72 bits per heavy atom. The fourth-order valence-electron chi connectivity index (χ4n) is 2.66. The van der Waals surface area contributed by atoms with Crippen LogP contribution < -0.4 is 15.4 Å². The molecular weight excluding hydrogens is 364 g/mol. The summed E-state index contributed by atoms with van der Waals surface area (Å²) in [6.45, 7) is 5.66. The summed E-state index contributed by atoms with van der Waals surface area (Å²) < 4.78 is 5.69. The summed E-state index contributed by atoms with van der Waals surface area (Å²) in [5, 5.41) is 5.67. The van der Waals surface area contributed by atoms with E-state index in [1.165, 1.54) is 0 Å². The molecule has 2 amide bonds. The van der Waals surface area contributed by atoms with Gasteiger partial charge in [0, 0.05) is 16.9 Å². The summed E-state index contributed by atoms with van der Waals surface area (Å²) in [4.78, 5) is 24.7. The molecule has 0 heterocycles. The third kappa shape index (κ3) is 5.69. The minimum absolute atomic E-state index is 0.203. The molecule has 3 aromatic rings. The van der Waals surface area contributed by atoms with Crippen LogP contribution in [-0.4, -0.2) is 17.9 Å². The van der Waals surface area contributed by atoms with Gasteiger partial charge in [-0.05, 0) is 69.3 Å².